The summed E-state index contributed by atoms with van der Waals surface area (Å²) in [5.41, 5.74) is 2.48. The Bertz CT molecular complexity index is 545. The summed E-state index contributed by atoms with van der Waals surface area (Å²) in [6.45, 7) is 6.55. The smallest absolute Gasteiger partial charge is 0.0472 e. The van der Waals surface area contributed by atoms with E-state index in [1.807, 2.05) is 12.1 Å². The van der Waals surface area contributed by atoms with Gasteiger partial charge in [-0.1, -0.05) is 24.6 Å². The summed E-state index contributed by atoms with van der Waals surface area (Å²) < 4.78 is 0. The predicted molar refractivity (Wildman–Crippen MR) is 76.1 cm³/mol. The lowest BCUT2D eigenvalue weighted by Gasteiger charge is -2.37. The number of H-pyrrole nitrogens is 1. The Morgan fingerprint density at radius 3 is 2.89 bits per heavy atom. The minimum Gasteiger partial charge on any atom is -0.361 e. The van der Waals surface area contributed by atoms with Crippen molar-refractivity contribution in [1.29, 1.82) is 0 Å². The van der Waals surface area contributed by atoms with Crippen LogP contribution < -0.4 is 5.32 Å². The molecule has 2 heterocycles. The van der Waals surface area contributed by atoms with E-state index in [-0.39, 0.29) is 0 Å². The number of hydrogen-bond donors (Lipinski definition) is 2. The van der Waals surface area contributed by atoms with Crippen LogP contribution in [0.3, 0.4) is 0 Å². The van der Waals surface area contributed by atoms with E-state index in [4.69, 9.17) is 11.6 Å². The van der Waals surface area contributed by atoms with Gasteiger partial charge in [-0.3, -0.25) is 4.90 Å². The Balaban J connectivity index is 1.85. The van der Waals surface area contributed by atoms with Crippen LogP contribution in [0.15, 0.2) is 24.4 Å². The van der Waals surface area contributed by atoms with Gasteiger partial charge in [0.15, 0.2) is 0 Å². The Labute approximate surface area is 112 Å². The second-order valence-corrected chi connectivity index (χ2v) is 5.32. The highest BCUT2D eigenvalue weighted by Gasteiger charge is 2.23. The van der Waals surface area contributed by atoms with Gasteiger partial charge < -0.3 is 10.3 Å². The number of likely N-dealkylation sites (N-methyl/N-ethyl adjacent to an activating group) is 1. The van der Waals surface area contributed by atoms with Gasteiger partial charge in [0.05, 0.1) is 0 Å². The van der Waals surface area contributed by atoms with Crippen molar-refractivity contribution >= 4 is 22.5 Å². The first-order chi connectivity index (χ1) is 8.78. The zero-order chi connectivity index (χ0) is 12.5. The third kappa shape index (κ3) is 2.14. The zero-order valence-corrected chi connectivity index (χ0v) is 11.3. The largest absolute Gasteiger partial charge is 0.361 e. The van der Waals surface area contributed by atoms with Crippen LogP contribution in [0.2, 0.25) is 5.02 Å². The minimum absolute atomic E-state index is 0.687. The maximum absolute atomic E-state index is 6.00. The maximum Gasteiger partial charge on any atom is 0.0472 e. The van der Waals surface area contributed by atoms with Gasteiger partial charge in [-0.05, 0) is 24.2 Å². The quantitative estimate of drug-likeness (QED) is 0.889. The normalized spacial score (nSPS) is 16.4. The maximum atomic E-state index is 6.00. The molecule has 3 nitrogen and oxygen atoms in total. The van der Waals surface area contributed by atoms with E-state index in [1.165, 1.54) is 10.9 Å². The number of aromatic nitrogens is 1. The molecule has 0 unspecified atom stereocenters. The molecule has 96 valence electrons. The van der Waals surface area contributed by atoms with E-state index in [9.17, 15) is 0 Å². The van der Waals surface area contributed by atoms with Gasteiger partial charge in [-0.15, -0.1) is 0 Å². The van der Waals surface area contributed by atoms with Crippen LogP contribution in [-0.4, -0.2) is 35.6 Å². The molecular formula is C14H18ClN3. The third-order valence-electron chi connectivity index (χ3n) is 3.79. The lowest BCUT2D eigenvalue weighted by molar-refractivity contribution is 0.146. The molecule has 3 rings (SSSR count). The van der Waals surface area contributed by atoms with Gasteiger partial charge in [0.1, 0.15) is 0 Å². The van der Waals surface area contributed by atoms with Crippen LogP contribution in [0.5, 0.6) is 0 Å². The summed E-state index contributed by atoms with van der Waals surface area (Å²) in [5, 5.41) is 5.40. The summed E-state index contributed by atoms with van der Waals surface area (Å²) >= 11 is 6.00. The van der Waals surface area contributed by atoms with Crippen LogP contribution in [-0.2, 0) is 6.54 Å². The highest BCUT2D eigenvalue weighted by Crippen LogP contribution is 2.23. The Morgan fingerprint density at radius 2 is 2.22 bits per heavy atom. The summed E-state index contributed by atoms with van der Waals surface area (Å²) in [6.07, 6.45) is 2.11. The molecule has 1 aromatic carbocycles. The highest BCUT2D eigenvalue weighted by molar-refractivity contribution is 6.31. The molecule has 1 fully saturated rings. The molecule has 1 aliphatic rings. The minimum atomic E-state index is 0.687. The zero-order valence-electron chi connectivity index (χ0n) is 10.5. The second kappa shape index (κ2) is 4.92. The fraction of sp³-hybridized carbons (Fsp3) is 0.429. The van der Waals surface area contributed by atoms with E-state index < -0.39 is 0 Å². The van der Waals surface area contributed by atoms with Crippen molar-refractivity contribution in [2.45, 2.75) is 19.5 Å². The van der Waals surface area contributed by atoms with Crippen molar-refractivity contribution in [2.24, 2.45) is 0 Å². The van der Waals surface area contributed by atoms with Crippen LogP contribution in [0.1, 0.15) is 12.5 Å². The first-order valence-electron chi connectivity index (χ1n) is 6.48. The summed E-state index contributed by atoms with van der Waals surface area (Å²) in [6, 6.07) is 6.74. The van der Waals surface area contributed by atoms with Gasteiger partial charge in [0, 0.05) is 47.8 Å². The van der Waals surface area contributed by atoms with Gasteiger partial charge in [-0.25, -0.2) is 0 Å². The number of halogens is 1. The molecule has 18 heavy (non-hydrogen) atoms. The predicted octanol–water partition coefficient (Wildman–Crippen LogP) is 2.62. The average molecular weight is 264 g/mol. The van der Waals surface area contributed by atoms with Gasteiger partial charge in [0.25, 0.3) is 0 Å². The fourth-order valence-corrected chi connectivity index (χ4v) is 2.71. The lowest BCUT2D eigenvalue weighted by Crippen LogP contribution is -2.56. The van der Waals surface area contributed by atoms with E-state index in [0.29, 0.717) is 6.04 Å². The SMILES string of the molecule is CCN(Cc1c[nH]c2cc(Cl)ccc12)C1CNC1. The van der Waals surface area contributed by atoms with E-state index in [0.717, 1.165) is 36.7 Å². The van der Waals surface area contributed by atoms with Crippen molar-refractivity contribution < 1.29 is 0 Å². The van der Waals surface area contributed by atoms with Crippen molar-refractivity contribution in [3.05, 3.63) is 35.0 Å². The number of hydrogen-bond acceptors (Lipinski definition) is 2. The first-order valence-corrected chi connectivity index (χ1v) is 6.86. The summed E-state index contributed by atoms with van der Waals surface area (Å²) in [4.78, 5) is 5.83. The molecule has 0 bridgehead atoms. The number of aromatic amines is 1. The topological polar surface area (TPSA) is 31.1 Å². The second-order valence-electron chi connectivity index (χ2n) is 4.88. The van der Waals surface area contributed by atoms with Crippen molar-refractivity contribution in [2.75, 3.05) is 19.6 Å². The molecule has 2 aromatic rings. The molecule has 2 N–H and O–H groups in total. The number of nitrogens with one attached hydrogen (secondary N) is 2. The number of fused-ring (bicyclic) bond motifs is 1. The molecule has 0 saturated carbocycles. The van der Waals surface area contributed by atoms with E-state index in [2.05, 4.69) is 34.4 Å². The molecule has 0 aliphatic carbocycles. The van der Waals surface area contributed by atoms with Crippen molar-refractivity contribution in [3.63, 3.8) is 0 Å². The molecule has 0 radical (unpaired) electrons. The molecular weight excluding hydrogens is 246 g/mol. The molecule has 0 spiro atoms. The Hall–Kier alpha value is -1.03. The molecule has 4 heteroatoms. The third-order valence-corrected chi connectivity index (χ3v) is 4.02. The highest BCUT2D eigenvalue weighted by atomic mass is 35.5. The van der Waals surface area contributed by atoms with E-state index in [1.54, 1.807) is 0 Å². The monoisotopic (exact) mass is 263 g/mol. The van der Waals surface area contributed by atoms with Gasteiger partial charge in [-0.2, -0.15) is 0 Å². The van der Waals surface area contributed by atoms with Crippen LogP contribution >= 0.6 is 11.6 Å². The summed E-state index contributed by atoms with van der Waals surface area (Å²) in [5.74, 6) is 0. The fourth-order valence-electron chi connectivity index (χ4n) is 2.54. The lowest BCUT2D eigenvalue weighted by atomic mass is 10.1. The average Bonchev–Trinajstić information content (AvgIpc) is 2.68. The molecule has 1 aromatic heterocycles. The number of benzene rings is 1. The Morgan fingerprint density at radius 1 is 1.39 bits per heavy atom. The van der Waals surface area contributed by atoms with E-state index >= 15 is 0 Å². The van der Waals surface area contributed by atoms with Gasteiger partial charge >= 0.3 is 0 Å². The molecule has 1 aliphatic heterocycles. The standard InChI is InChI=1S/C14H18ClN3/c1-2-18(12-7-16-8-12)9-10-6-17-14-5-11(15)3-4-13(10)14/h3-6,12,16-17H,2,7-9H2,1H3. The van der Waals surface area contributed by atoms with Gasteiger partial charge in [0.2, 0.25) is 0 Å². The van der Waals surface area contributed by atoms with Crippen molar-refractivity contribution in [3.8, 4) is 0 Å². The van der Waals surface area contributed by atoms with Crippen molar-refractivity contribution in [1.82, 2.24) is 15.2 Å². The first kappa shape index (κ1) is 12.0. The molecule has 0 atom stereocenters. The summed E-state index contributed by atoms with van der Waals surface area (Å²) in [7, 11) is 0. The molecule has 0 amide bonds. The molecule has 1 saturated heterocycles. The Kier molecular flexibility index (Phi) is 3.29. The van der Waals surface area contributed by atoms with Crippen LogP contribution in [0, 0.1) is 0 Å². The number of rotatable bonds is 4. The van der Waals surface area contributed by atoms with Crippen LogP contribution in [0.4, 0.5) is 0 Å². The van der Waals surface area contributed by atoms with Crippen LogP contribution in [0.25, 0.3) is 10.9 Å². The number of nitrogens with zero attached hydrogens (tertiary/aromatic N) is 1.